The van der Waals surface area contributed by atoms with E-state index in [2.05, 4.69) is 0 Å². The second-order valence-electron chi connectivity index (χ2n) is 10.7. The first-order valence-corrected chi connectivity index (χ1v) is 17.7. The number of allylic oxidation sites excluding steroid dienone is 1. The second-order valence-corrected chi connectivity index (χ2v) is 16.3. The van der Waals surface area contributed by atoms with Gasteiger partial charge in [-0.2, -0.15) is 0 Å². The van der Waals surface area contributed by atoms with Gasteiger partial charge in [0.05, 0.1) is 0 Å². The predicted octanol–water partition coefficient (Wildman–Crippen LogP) is 4.06. The molecule has 9 nitrogen and oxygen atoms in total. The van der Waals surface area contributed by atoms with Gasteiger partial charge in [0.15, 0.2) is 0 Å². The average Bonchev–Trinajstić information content (AvgIpc) is 3.28. The molecule has 0 spiro atoms. The molecule has 4 aromatic rings. The van der Waals surface area contributed by atoms with Gasteiger partial charge in [0.1, 0.15) is 0 Å². The quantitative estimate of drug-likeness (QED) is 0.259. The van der Waals surface area contributed by atoms with Crippen LogP contribution in [-0.4, -0.2) is 48.1 Å². The molecule has 44 heavy (non-hydrogen) atoms. The van der Waals surface area contributed by atoms with Crippen LogP contribution in [0.4, 0.5) is 4.79 Å². The van der Waals surface area contributed by atoms with Gasteiger partial charge < -0.3 is 0 Å². The van der Waals surface area contributed by atoms with Crippen LogP contribution in [0.25, 0.3) is 5.57 Å². The fraction of sp³-hybridized carbons (Fsp3) is 0.152. The van der Waals surface area contributed by atoms with E-state index in [4.69, 9.17) is 8.25 Å². The van der Waals surface area contributed by atoms with E-state index in [1.54, 1.807) is 37.5 Å². The summed E-state index contributed by atoms with van der Waals surface area (Å²) in [4.78, 5) is 27.9. The third-order valence-corrected chi connectivity index (χ3v) is 15.3. The normalized spacial score (nSPS) is 17.9. The molecule has 6 rings (SSSR count). The number of pyridine rings is 1. The van der Waals surface area contributed by atoms with Crippen LogP contribution in [0.2, 0.25) is 0 Å². The van der Waals surface area contributed by atoms with Crippen LogP contribution < -0.4 is 21.5 Å². The van der Waals surface area contributed by atoms with Crippen LogP contribution >= 0.6 is 6.83 Å². The molecule has 3 heterocycles. The van der Waals surface area contributed by atoms with Crippen molar-refractivity contribution in [3.8, 4) is 0 Å². The van der Waals surface area contributed by atoms with Gasteiger partial charge in [0.2, 0.25) is 0 Å². The molecule has 0 radical (unpaired) electrons. The van der Waals surface area contributed by atoms with Crippen molar-refractivity contribution in [3.05, 3.63) is 143 Å². The number of aryl methyl sites for hydroxylation is 1. The Morgan fingerprint density at radius 1 is 0.818 bits per heavy atom. The van der Waals surface area contributed by atoms with E-state index >= 15 is 0 Å². The van der Waals surface area contributed by atoms with Gasteiger partial charge in [-0.25, -0.2) is 0 Å². The van der Waals surface area contributed by atoms with Gasteiger partial charge >= 0.3 is 257 Å². The van der Waals surface area contributed by atoms with E-state index in [9.17, 15) is 18.0 Å². The van der Waals surface area contributed by atoms with Crippen molar-refractivity contribution in [3.63, 3.8) is 0 Å². The molecule has 2 amide bonds. The molecular weight excluding hydrogens is 597 g/mol. The molecule has 0 aliphatic carbocycles. The maximum atomic E-state index is 14.4. The number of benzene rings is 3. The Balaban J connectivity index is 1.51. The van der Waals surface area contributed by atoms with Crippen LogP contribution in [-0.2, 0) is 25.7 Å². The topological polar surface area (TPSA) is 98.2 Å². The van der Waals surface area contributed by atoms with Gasteiger partial charge in [-0.1, -0.05) is 0 Å². The summed E-state index contributed by atoms with van der Waals surface area (Å²) in [6, 6.07) is 29.6. The van der Waals surface area contributed by atoms with E-state index in [0.29, 0.717) is 27.1 Å². The monoisotopic (exact) mass is 629 g/mol. The number of hydrogen-bond acceptors (Lipinski definition) is 6. The molecular formula is C33H32N3O6PS. The second kappa shape index (κ2) is 11.3. The number of rotatable bonds is 9. The Morgan fingerprint density at radius 3 is 1.89 bits per heavy atom. The van der Waals surface area contributed by atoms with Crippen molar-refractivity contribution >= 4 is 44.7 Å². The van der Waals surface area contributed by atoms with Crippen molar-refractivity contribution in [2.24, 2.45) is 7.05 Å². The average molecular weight is 630 g/mol. The molecule has 226 valence electrons. The van der Waals surface area contributed by atoms with Crippen molar-refractivity contribution in [1.29, 1.82) is 0 Å². The number of carbonyl (C=O) groups excluding carboxylic acids is 1. The van der Waals surface area contributed by atoms with Crippen LogP contribution in [0.15, 0.2) is 132 Å². The first-order valence-electron chi connectivity index (χ1n) is 14.1. The fourth-order valence-corrected chi connectivity index (χ4v) is 13.7. The van der Waals surface area contributed by atoms with E-state index in [0.717, 1.165) is 5.06 Å². The first kappa shape index (κ1) is 29.7. The predicted molar refractivity (Wildman–Crippen MR) is 173 cm³/mol. The summed E-state index contributed by atoms with van der Waals surface area (Å²) in [7, 11) is -3.33. The molecule has 1 unspecified atom stereocenters. The van der Waals surface area contributed by atoms with Gasteiger partial charge in [0, 0.05) is 0 Å². The van der Waals surface area contributed by atoms with E-state index < -0.39 is 29.3 Å². The molecule has 1 fully saturated rings. The number of aromatic nitrogens is 1. The Bertz CT molecular complexity index is 1830. The van der Waals surface area contributed by atoms with E-state index in [1.165, 1.54) is 9.47 Å². The summed E-state index contributed by atoms with van der Waals surface area (Å²) < 4.78 is 42.4. The van der Waals surface area contributed by atoms with Crippen LogP contribution in [0.1, 0.15) is 12.5 Å². The number of amides is 2. The zero-order valence-corrected chi connectivity index (χ0v) is 26.0. The van der Waals surface area contributed by atoms with Crippen molar-refractivity contribution in [2.75, 3.05) is 13.1 Å². The Morgan fingerprint density at radius 2 is 1.36 bits per heavy atom. The summed E-state index contributed by atoms with van der Waals surface area (Å²) in [6.45, 7) is -2.30. The fourth-order valence-electron chi connectivity index (χ4n) is 6.16. The van der Waals surface area contributed by atoms with Gasteiger partial charge in [0.25, 0.3) is 0 Å². The summed E-state index contributed by atoms with van der Waals surface area (Å²) in [5.74, 6) is 1.82. The minimum absolute atomic E-state index is 0.159. The molecule has 1 saturated heterocycles. The van der Waals surface area contributed by atoms with Crippen molar-refractivity contribution < 1.29 is 21.5 Å². The molecule has 0 N–H and O–H groups in total. The zero-order valence-electron chi connectivity index (χ0n) is 24.3. The van der Waals surface area contributed by atoms with Crippen LogP contribution in [0.3, 0.4) is 0 Å². The summed E-state index contributed by atoms with van der Waals surface area (Å²) in [5.41, 5.74) is 0.622. The van der Waals surface area contributed by atoms with Crippen LogP contribution in [0, 0.1) is 0 Å². The zero-order chi connectivity index (χ0) is 31.0. The number of urea groups is 1. The molecule has 2 bridgehead atoms. The number of fused-ring (bicyclic) bond motifs is 2. The Kier molecular flexibility index (Phi) is 7.63. The molecule has 2 aliphatic rings. The molecule has 3 aromatic carbocycles. The Hall–Kier alpha value is -4.34. The number of nitrogens with zero attached hydrogens (tertiary/aromatic N) is 3. The molecule has 0 saturated carbocycles. The summed E-state index contributed by atoms with van der Waals surface area (Å²) in [5, 5.41) is 2.71. The summed E-state index contributed by atoms with van der Waals surface area (Å²) in [6.07, 6.45) is 5.18. The number of hydroxylamine groups is 2. The molecule has 11 heteroatoms. The van der Waals surface area contributed by atoms with Crippen LogP contribution in [0.5, 0.6) is 0 Å². The molecule has 1 atom stereocenters. The van der Waals surface area contributed by atoms with Crippen molar-refractivity contribution in [1.82, 2.24) is 14.5 Å². The number of carbonyl (C=O) groups is 1. The molecule has 1 aromatic heterocycles. The Labute approximate surface area is 256 Å². The van der Waals surface area contributed by atoms with Gasteiger partial charge in [-0.05, 0) is 0 Å². The third kappa shape index (κ3) is 4.71. The van der Waals surface area contributed by atoms with Gasteiger partial charge in [-0.15, -0.1) is 0 Å². The van der Waals surface area contributed by atoms with E-state index in [-0.39, 0.29) is 18.6 Å². The molecule has 2 aliphatic heterocycles. The SMILES string of the molecule is CC=CP(OS(=O)(=O)ON1C(=O)N2CC=C(c3cccn(C)c3=O)C1C2)(c1ccccc1)(c1ccccc1)c1ccccc1. The summed E-state index contributed by atoms with van der Waals surface area (Å²) >= 11 is 0. The maximum absolute atomic E-state index is 14.4. The van der Waals surface area contributed by atoms with E-state index in [1.807, 2.05) is 104 Å². The minimum atomic E-state index is -4.97. The first-order chi connectivity index (χ1) is 21.2. The number of hydrogen-bond donors (Lipinski definition) is 0. The standard InChI is InChI=1S/C33H32N3O6PS/c1-3-24-43(26-14-7-4-8-15-26,27-16-9-5-10-17-27,28-18-11-6-12-19-28)42-44(39,40)41-36-31-25-35(33(36)38)23-21-29(31)30-20-13-22-34(2)32(30)37/h3-22,24,31H,23,25H2,1-2H3. The van der Waals surface area contributed by atoms with Gasteiger partial charge in [-0.3, -0.25) is 0 Å². The third-order valence-electron chi connectivity index (χ3n) is 8.12. The van der Waals surface area contributed by atoms with Crippen molar-refractivity contribution in [2.45, 2.75) is 13.0 Å².